The summed E-state index contributed by atoms with van der Waals surface area (Å²) in [5.41, 5.74) is 3.93. The van der Waals surface area contributed by atoms with Gasteiger partial charge in [-0.1, -0.05) is 42.5 Å². The van der Waals surface area contributed by atoms with E-state index in [2.05, 4.69) is 42.3 Å². The van der Waals surface area contributed by atoms with Gasteiger partial charge in [0.1, 0.15) is 11.4 Å². The zero-order chi connectivity index (χ0) is 23.4. The van der Waals surface area contributed by atoms with Gasteiger partial charge >= 0.3 is 5.97 Å². The molecule has 0 aromatic heterocycles. The Morgan fingerprint density at radius 1 is 1.03 bits per heavy atom. The third kappa shape index (κ3) is 6.14. The zero-order valence-electron chi connectivity index (χ0n) is 19.6. The van der Waals surface area contributed by atoms with E-state index in [1.54, 1.807) is 6.07 Å². The predicted molar refractivity (Wildman–Crippen MR) is 127 cm³/mol. The minimum Gasteiger partial charge on any atom is -0.487 e. The van der Waals surface area contributed by atoms with Gasteiger partial charge in [0.15, 0.2) is 0 Å². The standard InChI is InChI=1S/C27H34N2O4/c1-27(2)16-22-8-5-9-23(26(22)33-27)18-29-12-10-19(11-13-29)17-28-24(30)14-20-6-3-4-7-21(20)15-25(31)32/h3-9,19H,10-18H2,1-2H3,(H,28,30)(H,31,32). The molecule has 2 aliphatic rings. The molecule has 2 N–H and O–H groups in total. The van der Waals surface area contributed by atoms with Crippen molar-refractivity contribution in [2.45, 2.75) is 58.1 Å². The van der Waals surface area contributed by atoms with E-state index >= 15 is 0 Å². The van der Waals surface area contributed by atoms with Gasteiger partial charge in [0, 0.05) is 25.1 Å². The summed E-state index contributed by atoms with van der Waals surface area (Å²) in [5, 5.41) is 12.1. The van der Waals surface area contributed by atoms with Gasteiger partial charge in [-0.2, -0.15) is 0 Å². The fourth-order valence-corrected chi connectivity index (χ4v) is 4.95. The molecule has 2 aliphatic heterocycles. The summed E-state index contributed by atoms with van der Waals surface area (Å²) in [4.78, 5) is 26.0. The van der Waals surface area contributed by atoms with Crippen LogP contribution in [0.1, 0.15) is 48.9 Å². The van der Waals surface area contributed by atoms with E-state index in [1.807, 2.05) is 18.2 Å². The molecule has 0 aliphatic carbocycles. The number of para-hydroxylation sites is 1. The smallest absolute Gasteiger partial charge is 0.307 e. The molecule has 1 fully saturated rings. The monoisotopic (exact) mass is 450 g/mol. The maximum absolute atomic E-state index is 12.5. The first-order valence-electron chi connectivity index (χ1n) is 11.9. The quantitative estimate of drug-likeness (QED) is 0.643. The molecule has 0 spiro atoms. The lowest BCUT2D eigenvalue weighted by Gasteiger charge is -2.32. The molecule has 0 atom stereocenters. The molecule has 6 heteroatoms. The summed E-state index contributed by atoms with van der Waals surface area (Å²) in [6.45, 7) is 7.87. The van der Waals surface area contributed by atoms with Crippen LogP contribution in [0.25, 0.3) is 0 Å². The number of hydrogen-bond donors (Lipinski definition) is 2. The Balaban J connectivity index is 1.23. The Kier molecular flexibility index (Phi) is 7.03. The number of carboxylic acids is 1. The number of aliphatic carboxylic acids is 1. The average Bonchev–Trinajstić information content (AvgIpc) is 3.09. The molecular weight excluding hydrogens is 416 g/mol. The number of hydrogen-bond acceptors (Lipinski definition) is 4. The van der Waals surface area contributed by atoms with Crippen molar-refractivity contribution in [2.75, 3.05) is 19.6 Å². The van der Waals surface area contributed by atoms with Crippen LogP contribution in [0.15, 0.2) is 42.5 Å². The van der Waals surface area contributed by atoms with Gasteiger partial charge in [-0.25, -0.2) is 0 Å². The molecule has 4 rings (SSSR count). The Hall–Kier alpha value is -2.86. The number of amides is 1. The number of carbonyl (C=O) groups excluding carboxylic acids is 1. The van der Waals surface area contributed by atoms with Gasteiger partial charge in [-0.05, 0) is 62.4 Å². The normalized spacial score (nSPS) is 17.9. The predicted octanol–water partition coefficient (Wildman–Crippen LogP) is 3.60. The molecule has 2 aromatic rings. The lowest BCUT2D eigenvalue weighted by Crippen LogP contribution is -2.38. The summed E-state index contributed by atoms with van der Waals surface area (Å²) in [7, 11) is 0. The van der Waals surface area contributed by atoms with Gasteiger partial charge in [-0.3, -0.25) is 14.5 Å². The number of piperidine rings is 1. The van der Waals surface area contributed by atoms with Crippen LogP contribution in [0.3, 0.4) is 0 Å². The molecular formula is C27H34N2O4. The largest absolute Gasteiger partial charge is 0.487 e. The SMILES string of the molecule is CC1(C)Cc2cccc(CN3CCC(CNC(=O)Cc4ccccc4CC(=O)O)CC3)c2O1. The van der Waals surface area contributed by atoms with E-state index in [0.717, 1.165) is 50.2 Å². The van der Waals surface area contributed by atoms with Crippen LogP contribution in [0.2, 0.25) is 0 Å². The fourth-order valence-electron chi connectivity index (χ4n) is 4.95. The highest BCUT2D eigenvalue weighted by atomic mass is 16.5. The number of nitrogens with zero attached hydrogens (tertiary/aromatic N) is 1. The van der Waals surface area contributed by atoms with Gasteiger partial charge in [0.25, 0.3) is 0 Å². The van der Waals surface area contributed by atoms with Crippen LogP contribution in [0.4, 0.5) is 0 Å². The van der Waals surface area contributed by atoms with E-state index in [0.29, 0.717) is 18.0 Å². The van der Waals surface area contributed by atoms with Crippen molar-refractivity contribution in [3.8, 4) is 5.75 Å². The van der Waals surface area contributed by atoms with E-state index < -0.39 is 5.97 Å². The zero-order valence-corrected chi connectivity index (χ0v) is 19.6. The molecule has 6 nitrogen and oxygen atoms in total. The van der Waals surface area contributed by atoms with Crippen LogP contribution in [-0.4, -0.2) is 47.1 Å². The number of likely N-dealkylation sites (tertiary alicyclic amines) is 1. The Morgan fingerprint density at radius 3 is 2.39 bits per heavy atom. The first-order valence-corrected chi connectivity index (χ1v) is 11.9. The summed E-state index contributed by atoms with van der Waals surface area (Å²) in [6, 6.07) is 13.7. The van der Waals surface area contributed by atoms with Crippen molar-refractivity contribution < 1.29 is 19.4 Å². The van der Waals surface area contributed by atoms with E-state index in [9.17, 15) is 9.59 Å². The highest BCUT2D eigenvalue weighted by molar-refractivity contribution is 5.79. The van der Waals surface area contributed by atoms with Crippen LogP contribution >= 0.6 is 0 Å². The Labute approximate surface area is 195 Å². The van der Waals surface area contributed by atoms with Crippen LogP contribution in [0, 0.1) is 5.92 Å². The third-order valence-electron chi connectivity index (χ3n) is 6.67. The van der Waals surface area contributed by atoms with Crippen LogP contribution < -0.4 is 10.1 Å². The number of nitrogens with one attached hydrogen (secondary N) is 1. The number of carboxylic acid groups (broad SMARTS) is 1. The summed E-state index contributed by atoms with van der Waals surface area (Å²) < 4.78 is 6.22. The van der Waals surface area contributed by atoms with E-state index in [1.165, 1.54) is 11.1 Å². The molecule has 0 radical (unpaired) electrons. The molecule has 0 unspecified atom stereocenters. The van der Waals surface area contributed by atoms with Crippen LogP contribution in [-0.2, 0) is 35.4 Å². The number of ether oxygens (including phenoxy) is 1. The van der Waals surface area contributed by atoms with Crippen molar-refractivity contribution in [1.29, 1.82) is 0 Å². The van der Waals surface area contributed by atoms with Gasteiger partial charge in [0.05, 0.1) is 12.8 Å². The van der Waals surface area contributed by atoms with Gasteiger partial charge in [0.2, 0.25) is 5.91 Å². The molecule has 1 amide bonds. The van der Waals surface area contributed by atoms with Crippen molar-refractivity contribution in [2.24, 2.45) is 5.92 Å². The number of rotatable bonds is 8. The van der Waals surface area contributed by atoms with E-state index in [4.69, 9.17) is 9.84 Å². The second-order valence-corrected chi connectivity index (χ2v) is 9.98. The molecule has 0 bridgehead atoms. The second-order valence-electron chi connectivity index (χ2n) is 9.98. The number of fused-ring (bicyclic) bond motifs is 1. The molecule has 1 saturated heterocycles. The molecule has 0 saturated carbocycles. The Bertz CT molecular complexity index is 1010. The maximum Gasteiger partial charge on any atom is 0.307 e. The third-order valence-corrected chi connectivity index (χ3v) is 6.67. The average molecular weight is 451 g/mol. The highest BCUT2D eigenvalue weighted by Gasteiger charge is 2.32. The summed E-state index contributed by atoms with van der Waals surface area (Å²) in [5.74, 6) is 0.608. The fraction of sp³-hybridized carbons (Fsp3) is 0.481. The van der Waals surface area contributed by atoms with Crippen molar-refractivity contribution in [3.05, 3.63) is 64.7 Å². The number of benzene rings is 2. The van der Waals surface area contributed by atoms with Crippen molar-refractivity contribution >= 4 is 11.9 Å². The highest BCUT2D eigenvalue weighted by Crippen LogP contribution is 2.38. The van der Waals surface area contributed by atoms with E-state index in [-0.39, 0.29) is 24.3 Å². The molecule has 33 heavy (non-hydrogen) atoms. The first kappa shape index (κ1) is 23.3. The minimum absolute atomic E-state index is 0.0464. The number of carbonyl (C=O) groups is 2. The second kappa shape index (κ2) is 9.96. The first-order chi connectivity index (χ1) is 15.8. The lowest BCUT2D eigenvalue weighted by atomic mass is 9.95. The summed E-state index contributed by atoms with van der Waals surface area (Å²) >= 11 is 0. The molecule has 2 aromatic carbocycles. The molecule has 176 valence electrons. The minimum atomic E-state index is -0.884. The van der Waals surface area contributed by atoms with Crippen molar-refractivity contribution in [1.82, 2.24) is 10.2 Å². The maximum atomic E-state index is 12.5. The van der Waals surface area contributed by atoms with Gasteiger partial charge in [-0.15, -0.1) is 0 Å². The molecule has 2 heterocycles. The summed E-state index contributed by atoms with van der Waals surface area (Å²) in [6.07, 6.45) is 3.22. The topological polar surface area (TPSA) is 78.9 Å². The van der Waals surface area contributed by atoms with Gasteiger partial charge < -0.3 is 15.2 Å². The Morgan fingerprint density at radius 2 is 1.70 bits per heavy atom. The lowest BCUT2D eigenvalue weighted by molar-refractivity contribution is -0.136. The van der Waals surface area contributed by atoms with Crippen molar-refractivity contribution in [3.63, 3.8) is 0 Å². The van der Waals surface area contributed by atoms with Crippen LogP contribution in [0.5, 0.6) is 5.75 Å².